The second-order valence-corrected chi connectivity index (χ2v) is 6.21. The van der Waals surface area contributed by atoms with Gasteiger partial charge in [-0.05, 0) is 49.8 Å². The number of carbonyl (C=O) groups is 1. The van der Waals surface area contributed by atoms with Crippen LogP contribution < -0.4 is 10.1 Å². The maximum atomic E-state index is 12.2. The molecule has 2 rings (SSSR count). The van der Waals surface area contributed by atoms with Crippen LogP contribution >= 0.6 is 11.8 Å². The molecule has 0 radical (unpaired) electrons. The van der Waals surface area contributed by atoms with E-state index in [0.717, 1.165) is 24.3 Å². The van der Waals surface area contributed by atoms with E-state index in [9.17, 15) is 4.79 Å². The van der Waals surface area contributed by atoms with Gasteiger partial charge in [0.2, 0.25) is 5.91 Å². The Morgan fingerprint density at radius 1 is 1.53 bits per heavy atom. The van der Waals surface area contributed by atoms with Gasteiger partial charge >= 0.3 is 0 Å². The largest absolute Gasteiger partial charge is 0.479 e. The molecule has 4 nitrogen and oxygen atoms in total. The van der Waals surface area contributed by atoms with E-state index in [4.69, 9.17) is 10.00 Å². The lowest BCUT2D eigenvalue weighted by atomic mass is 10.0. The summed E-state index contributed by atoms with van der Waals surface area (Å²) in [5, 5.41) is 11.3. The van der Waals surface area contributed by atoms with Crippen molar-refractivity contribution in [1.82, 2.24) is 0 Å². The summed E-state index contributed by atoms with van der Waals surface area (Å²) in [6.07, 6.45) is 2.02. The summed E-state index contributed by atoms with van der Waals surface area (Å²) in [5.74, 6) is 1.73. The Balaban J connectivity index is 1.96. The minimum Gasteiger partial charge on any atom is -0.479 e. The molecule has 1 saturated heterocycles. The molecule has 0 bridgehead atoms. The Morgan fingerprint density at radius 3 is 2.84 bits per heavy atom. The molecule has 0 spiro atoms. The van der Waals surface area contributed by atoms with Crippen LogP contribution in [0.1, 0.15) is 19.8 Å². The maximum absolute atomic E-state index is 12.2. The van der Waals surface area contributed by atoms with Crippen molar-refractivity contribution in [2.24, 2.45) is 0 Å². The van der Waals surface area contributed by atoms with Crippen molar-refractivity contribution in [2.75, 3.05) is 17.7 Å². The van der Waals surface area contributed by atoms with E-state index in [0.29, 0.717) is 5.75 Å². The van der Waals surface area contributed by atoms with Gasteiger partial charge in [-0.2, -0.15) is 5.26 Å². The summed E-state index contributed by atoms with van der Waals surface area (Å²) in [4.78, 5) is 12.2. The summed E-state index contributed by atoms with van der Waals surface area (Å²) < 4.78 is 4.85. The Labute approximate surface area is 117 Å². The first-order chi connectivity index (χ1) is 9.14. The first-order valence-corrected chi connectivity index (χ1v) is 7.18. The highest BCUT2D eigenvalue weighted by Gasteiger charge is 2.37. The van der Waals surface area contributed by atoms with Gasteiger partial charge in [0.1, 0.15) is 11.8 Å². The highest BCUT2D eigenvalue weighted by Crippen LogP contribution is 2.38. The van der Waals surface area contributed by atoms with Crippen LogP contribution in [-0.2, 0) is 4.79 Å². The molecule has 1 aromatic rings. The third-order valence-electron chi connectivity index (χ3n) is 3.11. The second-order valence-electron chi connectivity index (χ2n) is 4.61. The number of ether oxygens (including phenoxy) is 1. The lowest BCUT2D eigenvalue weighted by Crippen LogP contribution is -2.34. The molecule has 1 aromatic carbocycles. The summed E-state index contributed by atoms with van der Waals surface area (Å²) >= 11 is 1.71. The van der Waals surface area contributed by atoms with E-state index < -0.39 is 0 Å². The second kappa shape index (κ2) is 5.98. The Hall–Kier alpha value is -1.67. The molecule has 100 valence electrons. The quantitative estimate of drug-likeness (QED) is 0.918. The number of thioether (sulfide) groups is 1. The Bertz CT molecular complexity index is 487. The normalized spacial score (nSPS) is 21.7. The maximum Gasteiger partial charge on any atom is 0.240 e. The van der Waals surface area contributed by atoms with Gasteiger partial charge in [0.15, 0.2) is 6.61 Å². The third kappa shape index (κ3) is 3.42. The molecule has 5 heteroatoms. The summed E-state index contributed by atoms with van der Waals surface area (Å²) in [7, 11) is 0. The standard InChI is InChI=1S/C14H16N2O2S/c1-14(7-2-10-19-14)13(17)16-11-3-5-12(6-4-11)18-9-8-15/h3-6H,2,7,9-10H2,1H3,(H,16,17). The number of rotatable bonds is 4. The summed E-state index contributed by atoms with van der Waals surface area (Å²) in [6, 6.07) is 8.98. The van der Waals surface area contributed by atoms with Crippen LogP contribution in [0.3, 0.4) is 0 Å². The SMILES string of the molecule is CC1(C(=O)Nc2ccc(OCC#N)cc2)CCCS1. The van der Waals surface area contributed by atoms with Crippen LogP contribution in [-0.4, -0.2) is 23.0 Å². The zero-order valence-electron chi connectivity index (χ0n) is 10.8. The molecular formula is C14H16N2O2S. The molecule has 1 unspecified atom stereocenters. The van der Waals surface area contributed by atoms with Crippen LogP contribution in [0, 0.1) is 11.3 Å². The Kier molecular flexibility index (Phi) is 4.33. The fourth-order valence-corrected chi connectivity index (χ4v) is 3.18. The third-order valence-corrected chi connectivity index (χ3v) is 4.63. The van der Waals surface area contributed by atoms with Gasteiger partial charge in [-0.1, -0.05) is 0 Å². The molecule has 1 atom stereocenters. The summed E-state index contributed by atoms with van der Waals surface area (Å²) in [5.41, 5.74) is 0.753. The van der Waals surface area contributed by atoms with E-state index in [2.05, 4.69) is 5.32 Å². The highest BCUT2D eigenvalue weighted by atomic mass is 32.2. The molecule has 1 aliphatic heterocycles. The lowest BCUT2D eigenvalue weighted by molar-refractivity contribution is -0.118. The molecule has 0 aliphatic carbocycles. The van der Waals surface area contributed by atoms with Gasteiger partial charge in [-0.3, -0.25) is 4.79 Å². The first-order valence-electron chi connectivity index (χ1n) is 6.19. The summed E-state index contributed by atoms with van der Waals surface area (Å²) in [6.45, 7) is 2.02. The van der Waals surface area contributed by atoms with Crippen LogP contribution in [0.5, 0.6) is 5.75 Å². The molecule has 1 N–H and O–H groups in total. The van der Waals surface area contributed by atoms with E-state index in [1.807, 2.05) is 13.0 Å². The van der Waals surface area contributed by atoms with E-state index in [-0.39, 0.29) is 17.3 Å². The minimum absolute atomic E-state index is 0.0282. The number of nitrogens with one attached hydrogen (secondary N) is 1. The van der Waals surface area contributed by atoms with Crippen LogP contribution in [0.4, 0.5) is 5.69 Å². The smallest absolute Gasteiger partial charge is 0.240 e. The fraction of sp³-hybridized carbons (Fsp3) is 0.429. The zero-order valence-corrected chi connectivity index (χ0v) is 11.6. The number of hydrogen-bond acceptors (Lipinski definition) is 4. The number of amides is 1. The van der Waals surface area contributed by atoms with Crippen LogP contribution in [0.2, 0.25) is 0 Å². The molecular weight excluding hydrogens is 260 g/mol. The van der Waals surface area contributed by atoms with Crippen molar-refractivity contribution in [3.8, 4) is 11.8 Å². The average Bonchev–Trinajstić information content (AvgIpc) is 2.86. The van der Waals surface area contributed by atoms with Gasteiger partial charge in [0, 0.05) is 5.69 Å². The van der Waals surface area contributed by atoms with Gasteiger partial charge in [-0.15, -0.1) is 11.8 Å². The number of anilines is 1. The van der Waals surface area contributed by atoms with E-state index >= 15 is 0 Å². The molecule has 19 heavy (non-hydrogen) atoms. The zero-order chi connectivity index (χ0) is 13.7. The highest BCUT2D eigenvalue weighted by molar-refractivity contribution is 8.01. The van der Waals surface area contributed by atoms with E-state index in [1.54, 1.807) is 36.0 Å². The van der Waals surface area contributed by atoms with Crippen LogP contribution in [0.25, 0.3) is 0 Å². The van der Waals surface area contributed by atoms with Crippen molar-refractivity contribution < 1.29 is 9.53 Å². The van der Waals surface area contributed by atoms with Gasteiger partial charge in [0.05, 0.1) is 4.75 Å². The van der Waals surface area contributed by atoms with Crippen molar-refractivity contribution in [1.29, 1.82) is 5.26 Å². The topological polar surface area (TPSA) is 62.1 Å². The number of nitriles is 1. The minimum atomic E-state index is -0.310. The number of benzene rings is 1. The predicted octanol–water partition coefficient (Wildman–Crippen LogP) is 2.81. The predicted molar refractivity (Wildman–Crippen MR) is 76.3 cm³/mol. The number of nitrogens with zero attached hydrogens (tertiary/aromatic N) is 1. The lowest BCUT2D eigenvalue weighted by Gasteiger charge is -2.21. The van der Waals surface area contributed by atoms with E-state index in [1.165, 1.54) is 0 Å². The van der Waals surface area contributed by atoms with Crippen molar-refractivity contribution >= 4 is 23.4 Å². The van der Waals surface area contributed by atoms with Gasteiger partial charge < -0.3 is 10.1 Å². The van der Waals surface area contributed by atoms with Gasteiger partial charge in [-0.25, -0.2) is 0 Å². The molecule has 0 saturated carbocycles. The molecule has 1 aliphatic rings. The number of hydrogen-bond donors (Lipinski definition) is 1. The van der Waals surface area contributed by atoms with Gasteiger partial charge in [0.25, 0.3) is 0 Å². The average molecular weight is 276 g/mol. The first kappa shape index (κ1) is 13.8. The molecule has 1 fully saturated rings. The molecule has 1 amide bonds. The molecule has 0 aromatic heterocycles. The van der Waals surface area contributed by atoms with Crippen molar-refractivity contribution in [3.05, 3.63) is 24.3 Å². The Morgan fingerprint density at radius 2 is 2.26 bits per heavy atom. The monoisotopic (exact) mass is 276 g/mol. The van der Waals surface area contributed by atoms with Crippen molar-refractivity contribution in [3.63, 3.8) is 0 Å². The fourth-order valence-electron chi connectivity index (χ4n) is 1.97. The molecule has 1 heterocycles. The number of carbonyl (C=O) groups excluding carboxylic acids is 1. The van der Waals surface area contributed by atoms with Crippen molar-refractivity contribution in [2.45, 2.75) is 24.5 Å². The van der Waals surface area contributed by atoms with Crippen LogP contribution in [0.15, 0.2) is 24.3 Å².